The second kappa shape index (κ2) is 6.06. The van der Waals surface area contributed by atoms with Crippen molar-refractivity contribution in [2.45, 2.75) is 38.6 Å². The number of carbonyl (C=O) groups is 1. The Morgan fingerprint density at radius 3 is 2.75 bits per heavy atom. The van der Waals surface area contributed by atoms with Gasteiger partial charge in [0.25, 0.3) is 0 Å². The molecule has 1 saturated heterocycles. The number of fused-ring (bicyclic) bond motifs is 1. The molecule has 0 amide bonds. The molecule has 0 spiro atoms. The topological polar surface area (TPSA) is 32.3 Å². The number of hydrogen-bond acceptors (Lipinski definition) is 3. The van der Waals surface area contributed by atoms with Crippen LogP contribution in [0, 0.1) is 0 Å². The van der Waals surface area contributed by atoms with Crippen molar-refractivity contribution < 1.29 is 4.79 Å². The van der Waals surface area contributed by atoms with E-state index in [1.807, 2.05) is 6.07 Å². The molecule has 0 saturated carbocycles. The highest BCUT2D eigenvalue weighted by Crippen LogP contribution is 2.24. The third kappa shape index (κ3) is 2.65. The molecule has 1 unspecified atom stereocenters. The van der Waals surface area contributed by atoms with Crippen molar-refractivity contribution in [3.63, 3.8) is 0 Å². The van der Waals surface area contributed by atoms with Gasteiger partial charge in [0.15, 0.2) is 5.78 Å². The van der Waals surface area contributed by atoms with Crippen molar-refractivity contribution in [2.75, 3.05) is 26.2 Å². The summed E-state index contributed by atoms with van der Waals surface area (Å²) in [5.41, 5.74) is 3.75. The van der Waals surface area contributed by atoms with Crippen LogP contribution in [0.2, 0.25) is 0 Å². The Bertz CT molecular complexity index is 492. The third-order valence-electron chi connectivity index (χ3n) is 4.66. The van der Waals surface area contributed by atoms with Crippen LogP contribution in [0.5, 0.6) is 0 Å². The van der Waals surface area contributed by atoms with E-state index in [2.05, 4.69) is 29.3 Å². The largest absolute Gasteiger partial charge is 0.314 e. The monoisotopic (exact) mass is 272 g/mol. The zero-order valence-electron chi connectivity index (χ0n) is 12.3. The van der Waals surface area contributed by atoms with Crippen LogP contribution in [0.25, 0.3) is 0 Å². The van der Waals surface area contributed by atoms with E-state index in [0.717, 1.165) is 44.6 Å². The first-order valence-corrected chi connectivity index (χ1v) is 7.90. The van der Waals surface area contributed by atoms with Gasteiger partial charge in [0.2, 0.25) is 0 Å². The average Bonchev–Trinajstić information content (AvgIpc) is 2.96. The smallest absolute Gasteiger partial charge is 0.179 e. The molecule has 0 bridgehead atoms. The van der Waals surface area contributed by atoms with Gasteiger partial charge in [0.1, 0.15) is 0 Å². The van der Waals surface area contributed by atoms with Crippen molar-refractivity contribution in [1.82, 2.24) is 10.2 Å². The minimum Gasteiger partial charge on any atom is -0.314 e. The lowest BCUT2D eigenvalue weighted by Crippen LogP contribution is -2.51. The van der Waals surface area contributed by atoms with Gasteiger partial charge in [-0.1, -0.05) is 19.1 Å². The number of ketones is 1. The van der Waals surface area contributed by atoms with Crippen LogP contribution < -0.4 is 5.32 Å². The second-order valence-electron chi connectivity index (χ2n) is 5.91. The van der Waals surface area contributed by atoms with Crippen LogP contribution in [-0.2, 0) is 12.8 Å². The quantitative estimate of drug-likeness (QED) is 0.851. The normalized spacial score (nSPS) is 20.6. The number of carbonyl (C=O) groups excluding carboxylic acids is 1. The fourth-order valence-electron chi connectivity index (χ4n) is 3.52. The van der Waals surface area contributed by atoms with Gasteiger partial charge < -0.3 is 5.32 Å². The van der Waals surface area contributed by atoms with E-state index in [9.17, 15) is 4.79 Å². The molecular formula is C17H24N2O. The van der Waals surface area contributed by atoms with Crippen molar-refractivity contribution in [3.8, 4) is 0 Å². The molecule has 1 N–H and O–H groups in total. The molecule has 3 heteroatoms. The van der Waals surface area contributed by atoms with Gasteiger partial charge in [-0.05, 0) is 42.9 Å². The Kier molecular flexibility index (Phi) is 4.18. The minimum atomic E-state index is 0.0524. The molecule has 1 aliphatic carbocycles. The molecule has 1 heterocycles. The van der Waals surface area contributed by atoms with Crippen LogP contribution in [0.1, 0.15) is 41.3 Å². The van der Waals surface area contributed by atoms with Gasteiger partial charge in [0, 0.05) is 31.7 Å². The number of piperazine rings is 1. The zero-order chi connectivity index (χ0) is 13.9. The molecule has 0 aromatic heterocycles. The number of benzene rings is 1. The van der Waals surface area contributed by atoms with E-state index in [-0.39, 0.29) is 6.04 Å². The maximum absolute atomic E-state index is 12.8. The first-order valence-electron chi connectivity index (χ1n) is 7.90. The molecular weight excluding hydrogens is 248 g/mol. The van der Waals surface area contributed by atoms with Gasteiger partial charge >= 0.3 is 0 Å². The summed E-state index contributed by atoms with van der Waals surface area (Å²) in [6.45, 7) is 6.07. The maximum Gasteiger partial charge on any atom is 0.179 e. The summed E-state index contributed by atoms with van der Waals surface area (Å²) in [5, 5.41) is 3.35. The van der Waals surface area contributed by atoms with E-state index in [1.54, 1.807) is 0 Å². The van der Waals surface area contributed by atoms with Gasteiger partial charge in [-0.15, -0.1) is 0 Å². The molecule has 1 aliphatic heterocycles. The number of aryl methyl sites for hydroxylation is 2. The summed E-state index contributed by atoms with van der Waals surface area (Å²) in [6, 6.07) is 6.41. The van der Waals surface area contributed by atoms with Crippen LogP contribution >= 0.6 is 0 Å². The molecule has 1 aromatic carbocycles. The van der Waals surface area contributed by atoms with E-state index in [0.29, 0.717) is 5.78 Å². The molecule has 1 aromatic rings. The van der Waals surface area contributed by atoms with Gasteiger partial charge in [0.05, 0.1) is 6.04 Å². The average molecular weight is 272 g/mol. The minimum absolute atomic E-state index is 0.0524. The number of Topliss-reactive ketones (excluding diaryl/α,β-unsaturated/α-hetero) is 1. The lowest BCUT2D eigenvalue weighted by Gasteiger charge is -2.33. The predicted molar refractivity (Wildman–Crippen MR) is 81.3 cm³/mol. The molecule has 20 heavy (non-hydrogen) atoms. The highest BCUT2D eigenvalue weighted by atomic mass is 16.1. The van der Waals surface area contributed by atoms with E-state index >= 15 is 0 Å². The summed E-state index contributed by atoms with van der Waals surface area (Å²) in [4.78, 5) is 15.2. The molecule has 0 radical (unpaired) electrons. The summed E-state index contributed by atoms with van der Waals surface area (Å²) >= 11 is 0. The number of rotatable bonds is 4. The Hall–Kier alpha value is -1.19. The van der Waals surface area contributed by atoms with Crippen LogP contribution in [-0.4, -0.2) is 42.9 Å². The number of nitrogens with zero attached hydrogens (tertiary/aromatic N) is 1. The van der Waals surface area contributed by atoms with Crippen LogP contribution in [0.15, 0.2) is 18.2 Å². The maximum atomic E-state index is 12.8. The van der Waals surface area contributed by atoms with Gasteiger partial charge in [-0.3, -0.25) is 9.69 Å². The fourth-order valence-corrected chi connectivity index (χ4v) is 3.52. The molecule has 2 aliphatic rings. The summed E-state index contributed by atoms with van der Waals surface area (Å²) in [5.74, 6) is 0.309. The Labute approximate surface area is 121 Å². The second-order valence-corrected chi connectivity index (χ2v) is 5.91. The van der Waals surface area contributed by atoms with E-state index in [4.69, 9.17) is 0 Å². The Balaban J connectivity index is 1.79. The molecule has 1 fully saturated rings. The van der Waals surface area contributed by atoms with Crippen molar-refractivity contribution in [2.24, 2.45) is 0 Å². The van der Waals surface area contributed by atoms with E-state index < -0.39 is 0 Å². The standard InChI is InChI=1S/C17H24N2O/c1-2-16(19-10-8-18-9-11-19)17(20)15-7-6-13-4-3-5-14(13)12-15/h6-7,12,16,18H,2-5,8-11H2,1H3. The molecule has 1 atom stereocenters. The van der Waals surface area contributed by atoms with Crippen LogP contribution in [0.3, 0.4) is 0 Å². The molecule has 3 nitrogen and oxygen atoms in total. The highest BCUT2D eigenvalue weighted by molar-refractivity contribution is 6.00. The lowest BCUT2D eigenvalue weighted by molar-refractivity contribution is 0.0790. The number of hydrogen-bond donors (Lipinski definition) is 1. The van der Waals surface area contributed by atoms with Gasteiger partial charge in [-0.2, -0.15) is 0 Å². The Morgan fingerprint density at radius 1 is 1.25 bits per heavy atom. The summed E-state index contributed by atoms with van der Waals surface area (Å²) in [7, 11) is 0. The third-order valence-corrected chi connectivity index (χ3v) is 4.66. The summed E-state index contributed by atoms with van der Waals surface area (Å²) in [6.07, 6.45) is 4.46. The SMILES string of the molecule is CCC(C(=O)c1ccc2c(c1)CCC2)N1CCNCC1. The van der Waals surface area contributed by atoms with Gasteiger partial charge in [-0.25, -0.2) is 0 Å². The van der Waals surface area contributed by atoms with E-state index in [1.165, 1.54) is 24.0 Å². The zero-order valence-corrected chi connectivity index (χ0v) is 12.3. The molecule has 108 valence electrons. The van der Waals surface area contributed by atoms with Crippen molar-refractivity contribution >= 4 is 5.78 Å². The molecule has 3 rings (SSSR count). The highest BCUT2D eigenvalue weighted by Gasteiger charge is 2.27. The lowest BCUT2D eigenvalue weighted by atomic mass is 9.97. The predicted octanol–water partition coefficient (Wildman–Crippen LogP) is 2.04. The van der Waals surface area contributed by atoms with Crippen molar-refractivity contribution in [3.05, 3.63) is 34.9 Å². The first kappa shape index (κ1) is 13.8. The van der Waals surface area contributed by atoms with Crippen LogP contribution in [0.4, 0.5) is 0 Å². The Morgan fingerprint density at radius 2 is 2.00 bits per heavy atom. The van der Waals surface area contributed by atoms with Crippen molar-refractivity contribution in [1.29, 1.82) is 0 Å². The number of nitrogens with one attached hydrogen (secondary N) is 1. The fraction of sp³-hybridized carbons (Fsp3) is 0.588. The summed E-state index contributed by atoms with van der Waals surface area (Å²) < 4.78 is 0. The first-order chi connectivity index (χ1) is 9.79.